The Bertz CT molecular complexity index is 713. The van der Waals surface area contributed by atoms with E-state index in [1.165, 1.54) is 23.5 Å². The maximum absolute atomic E-state index is 12.8. The molecule has 1 aliphatic heterocycles. The van der Waals surface area contributed by atoms with Crippen LogP contribution < -0.4 is 0 Å². The van der Waals surface area contributed by atoms with Gasteiger partial charge in [0.15, 0.2) is 0 Å². The van der Waals surface area contributed by atoms with Gasteiger partial charge in [-0.1, -0.05) is 19.9 Å². The molecule has 1 unspecified atom stereocenters. The number of methoxy groups -OCH3 is 1. The number of sulfonamides is 1. The zero-order chi connectivity index (χ0) is 17.4. The van der Waals surface area contributed by atoms with Gasteiger partial charge in [0.2, 0.25) is 10.0 Å². The van der Waals surface area contributed by atoms with E-state index >= 15 is 0 Å². The molecule has 0 amide bonds. The van der Waals surface area contributed by atoms with Gasteiger partial charge in [-0.2, -0.15) is 4.31 Å². The molecule has 1 saturated heterocycles. The Morgan fingerprint density at radius 3 is 2.57 bits per heavy atom. The Morgan fingerprint density at radius 2 is 2.04 bits per heavy atom. The van der Waals surface area contributed by atoms with Crippen molar-refractivity contribution in [3.05, 3.63) is 29.3 Å². The number of rotatable bonds is 4. The van der Waals surface area contributed by atoms with Gasteiger partial charge >= 0.3 is 5.97 Å². The number of nitrogens with zero attached hydrogens (tertiary/aromatic N) is 1. The molecule has 0 aliphatic carbocycles. The predicted molar refractivity (Wildman–Crippen MR) is 85.7 cm³/mol. The van der Waals surface area contributed by atoms with Gasteiger partial charge in [-0.15, -0.1) is 0 Å². The molecule has 6 nitrogen and oxygen atoms in total. The van der Waals surface area contributed by atoms with Crippen LogP contribution in [0.25, 0.3) is 0 Å². The normalized spacial score (nSPS) is 22.5. The predicted octanol–water partition coefficient (Wildman–Crippen LogP) is 1.56. The van der Waals surface area contributed by atoms with Crippen LogP contribution in [0.15, 0.2) is 23.1 Å². The number of benzene rings is 1. The SMILES string of the molecule is COC(=O)c1cc(S(=O)(=O)N2CCC(O)(C(C)C)C2)ccc1C. The maximum atomic E-state index is 12.8. The van der Waals surface area contributed by atoms with Crippen LogP contribution in [-0.2, 0) is 14.8 Å². The van der Waals surface area contributed by atoms with Gasteiger partial charge in [-0.3, -0.25) is 0 Å². The van der Waals surface area contributed by atoms with Crippen LogP contribution in [0.4, 0.5) is 0 Å². The standard InChI is InChI=1S/C16H23NO5S/c1-11(2)16(19)7-8-17(10-16)23(20,21)13-6-5-12(3)14(9-13)15(18)22-4/h5-6,9,11,19H,7-8,10H2,1-4H3. The summed E-state index contributed by atoms with van der Waals surface area (Å²) in [5.41, 5.74) is -0.133. The van der Waals surface area contributed by atoms with E-state index in [0.29, 0.717) is 12.0 Å². The Labute approximate surface area is 137 Å². The van der Waals surface area contributed by atoms with Crippen LogP contribution in [0.5, 0.6) is 0 Å². The van der Waals surface area contributed by atoms with E-state index in [0.717, 1.165) is 0 Å². The summed E-state index contributed by atoms with van der Waals surface area (Å²) in [6.07, 6.45) is 0.402. The topological polar surface area (TPSA) is 83.9 Å². The van der Waals surface area contributed by atoms with E-state index in [1.54, 1.807) is 13.0 Å². The van der Waals surface area contributed by atoms with Crippen molar-refractivity contribution in [1.29, 1.82) is 0 Å². The minimum absolute atomic E-state index is 0.0358. The van der Waals surface area contributed by atoms with E-state index in [-0.39, 0.29) is 29.5 Å². The number of carbonyl (C=O) groups excluding carboxylic acids is 1. The number of aliphatic hydroxyl groups is 1. The van der Waals surface area contributed by atoms with Gasteiger partial charge in [-0.25, -0.2) is 13.2 Å². The van der Waals surface area contributed by atoms with Crippen molar-refractivity contribution < 1.29 is 23.1 Å². The molecule has 23 heavy (non-hydrogen) atoms. The average Bonchev–Trinajstić information content (AvgIpc) is 2.91. The minimum Gasteiger partial charge on any atom is -0.465 e. The van der Waals surface area contributed by atoms with Crippen molar-refractivity contribution in [1.82, 2.24) is 4.31 Å². The molecule has 128 valence electrons. The first kappa shape index (κ1) is 17.9. The number of hydrogen-bond donors (Lipinski definition) is 1. The molecule has 1 N–H and O–H groups in total. The van der Waals surface area contributed by atoms with Crippen molar-refractivity contribution >= 4 is 16.0 Å². The van der Waals surface area contributed by atoms with Gasteiger partial charge in [-0.05, 0) is 37.0 Å². The van der Waals surface area contributed by atoms with E-state index in [2.05, 4.69) is 4.74 Å². The molecular weight excluding hydrogens is 318 g/mol. The zero-order valence-electron chi connectivity index (χ0n) is 13.9. The van der Waals surface area contributed by atoms with Crippen LogP contribution in [-0.4, -0.2) is 49.6 Å². The number of ether oxygens (including phenoxy) is 1. The third-order valence-electron chi connectivity index (χ3n) is 4.57. The fraction of sp³-hybridized carbons (Fsp3) is 0.562. The zero-order valence-corrected chi connectivity index (χ0v) is 14.7. The lowest BCUT2D eigenvalue weighted by Crippen LogP contribution is -2.40. The van der Waals surface area contributed by atoms with Crippen molar-refractivity contribution in [2.24, 2.45) is 5.92 Å². The molecule has 7 heteroatoms. The number of aryl methyl sites for hydroxylation is 1. The molecule has 2 rings (SSSR count). The summed E-state index contributed by atoms with van der Waals surface area (Å²) in [6.45, 7) is 5.79. The first-order valence-electron chi connectivity index (χ1n) is 7.53. The Kier molecular flexibility index (Phi) is 4.84. The summed E-state index contributed by atoms with van der Waals surface area (Å²) in [7, 11) is -2.50. The highest BCUT2D eigenvalue weighted by molar-refractivity contribution is 7.89. The molecule has 0 saturated carbocycles. The van der Waals surface area contributed by atoms with Crippen LogP contribution in [0.2, 0.25) is 0 Å². The van der Waals surface area contributed by atoms with Gasteiger partial charge in [0.25, 0.3) is 0 Å². The largest absolute Gasteiger partial charge is 0.465 e. The fourth-order valence-corrected chi connectivity index (χ4v) is 4.23. The minimum atomic E-state index is -3.76. The number of hydrogen-bond acceptors (Lipinski definition) is 5. The maximum Gasteiger partial charge on any atom is 0.338 e. The quantitative estimate of drug-likeness (QED) is 0.840. The van der Waals surface area contributed by atoms with Crippen molar-refractivity contribution in [3.8, 4) is 0 Å². The monoisotopic (exact) mass is 341 g/mol. The first-order valence-corrected chi connectivity index (χ1v) is 8.97. The Balaban J connectivity index is 2.36. The highest BCUT2D eigenvalue weighted by Crippen LogP contribution is 2.32. The van der Waals surface area contributed by atoms with Crippen molar-refractivity contribution in [2.75, 3.05) is 20.2 Å². The lowest BCUT2D eigenvalue weighted by molar-refractivity contribution is 0.0103. The molecular formula is C16H23NO5S. The van der Waals surface area contributed by atoms with Crippen LogP contribution in [0.1, 0.15) is 36.2 Å². The molecule has 1 fully saturated rings. The second-order valence-corrected chi connectivity index (χ2v) is 8.25. The summed E-state index contributed by atoms with van der Waals surface area (Å²) >= 11 is 0. The first-order chi connectivity index (χ1) is 10.6. The molecule has 0 aromatic heterocycles. The molecule has 1 atom stereocenters. The molecule has 1 heterocycles. The summed E-state index contributed by atoms with van der Waals surface area (Å²) < 4.78 is 31.5. The molecule has 1 aromatic carbocycles. The highest BCUT2D eigenvalue weighted by atomic mass is 32.2. The summed E-state index contributed by atoms with van der Waals surface area (Å²) in [4.78, 5) is 11.8. The van der Waals surface area contributed by atoms with E-state index in [9.17, 15) is 18.3 Å². The van der Waals surface area contributed by atoms with Crippen LogP contribution in [0.3, 0.4) is 0 Å². The highest BCUT2D eigenvalue weighted by Gasteiger charge is 2.43. The molecule has 0 bridgehead atoms. The van der Waals surface area contributed by atoms with Crippen LogP contribution >= 0.6 is 0 Å². The van der Waals surface area contributed by atoms with E-state index in [1.807, 2.05) is 13.8 Å². The van der Waals surface area contributed by atoms with Gasteiger partial charge in [0, 0.05) is 13.1 Å². The molecule has 1 aromatic rings. The smallest absolute Gasteiger partial charge is 0.338 e. The molecule has 0 spiro atoms. The fourth-order valence-electron chi connectivity index (χ4n) is 2.70. The Hall–Kier alpha value is -1.44. The summed E-state index contributed by atoms with van der Waals surface area (Å²) in [6, 6.07) is 4.40. The molecule has 1 aliphatic rings. The Morgan fingerprint density at radius 1 is 1.39 bits per heavy atom. The lowest BCUT2D eigenvalue weighted by Gasteiger charge is -2.27. The third kappa shape index (κ3) is 3.27. The van der Waals surface area contributed by atoms with Crippen molar-refractivity contribution in [3.63, 3.8) is 0 Å². The number of esters is 1. The van der Waals surface area contributed by atoms with Crippen LogP contribution in [0, 0.1) is 12.8 Å². The lowest BCUT2D eigenvalue weighted by atomic mass is 9.90. The number of β-amino-alcohol motifs (C(OH)–C–C–N with tert-alkyl or cyclic N) is 1. The second kappa shape index (κ2) is 6.22. The summed E-state index contributed by atoms with van der Waals surface area (Å²) in [5, 5.41) is 10.5. The van der Waals surface area contributed by atoms with Gasteiger partial charge in [0.05, 0.1) is 23.2 Å². The molecule has 0 radical (unpaired) electrons. The number of carbonyl (C=O) groups is 1. The summed E-state index contributed by atoms with van der Waals surface area (Å²) in [5.74, 6) is -0.606. The van der Waals surface area contributed by atoms with E-state index in [4.69, 9.17) is 0 Å². The van der Waals surface area contributed by atoms with Crippen molar-refractivity contribution in [2.45, 2.75) is 37.7 Å². The van der Waals surface area contributed by atoms with Gasteiger partial charge < -0.3 is 9.84 Å². The van der Waals surface area contributed by atoms with Gasteiger partial charge in [0.1, 0.15) is 0 Å². The third-order valence-corrected chi connectivity index (χ3v) is 6.41. The second-order valence-electron chi connectivity index (χ2n) is 6.32. The average molecular weight is 341 g/mol. The van der Waals surface area contributed by atoms with E-state index < -0.39 is 21.6 Å².